The number of hydrogen-bond donors (Lipinski definition) is 1. The third-order valence-electron chi connectivity index (χ3n) is 2.95. The molecule has 0 saturated heterocycles. The van der Waals surface area contributed by atoms with E-state index in [-0.39, 0.29) is 16.7 Å². The first-order valence-electron chi connectivity index (χ1n) is 5.96. The van der Waals surface area contributed by atoms with E-state index in [1.54, 1.807) is 25.3 Å². The highest BCUT2D eigenvalue weighted by Crippen LogP contribution is 2.22. The predicted octanol–water partition coefficient (Wildman–Crippen LogP) is 3.01. The molecule has 96 valence electrons. The standard InChI is InChI=1S/C13H16N2O3/c1-10-8-11(5-6-13(10)15(16)17)14-9-12-4-2-3-7-18-12/h3,5-8,12,14H,2,4,9H2,1H3. The molecule has 5 nitrogen and oxygen atoms in total. The van der Waals surface area contributed by atoms with Gasteiger partial charge >= 0.3 is 0 Å². The number of nitrogens with zero attached hydrogens (tertiary/aromatic N) is 1. The van der Waals surface area contributed by atoms with Crippen molar-refractivity contribution in [1.82, 2.24) is 0 Å². The lowest BCUT2D eigenvalue weighted by molar-refractivity contribution is -0.385. The molecule has 0 aliphatic carbocycles. The molecule has 2 rings (SSSR count). The predicted molar refractivity (Wildman–Crippen MR) is 69.6 cm³/mol. The van der Waals surface area contributed by atoms with Crippen molar-refractivity contribution >= 4 is 11.4 Å². The topological polar surface area (TPSA) is 64.4 Å². The van der Waals surface area contributed by atoms with Crippen molar-refractivity contribution < 1.29 is 9.66 Å². The van der Waals surface area contributed by atoms with Crippen molar-refractivity contribution in [3.63, 3.8) is 0 Å². The van der Waals surface area contributed by atoms with Gasteiger partial charge in [-0.1, -0.05) is 0 Å². The van der Waals surface area contributed by atoms with Crippen LogP contribution in [0.1, 0.15) is 18.4 Å². The highest BCUT2D eigenvalue weighted by Gasteiger charge is 2.12. The first-order valence-corrected chi connectivity index (χ1v) is 5.96. The Morgan fingerprint density at radius 2 is 2.39 bits per heavy atom. The van der Waals surface area contributed by atoms with E-state index in [9.17, 15) is 10.1 Å². The molecule has 0 aromatic heterocycles. The Labute approximate surface area is 106 Å². The average Bonchev–Trinajstić information content (AvgIpc) is 2.37. The Morgan fingerprint density at radius 3 is 3.00 bits per heavy atom. The normalized spacial score (nSPS) is 18.2. The maximum absolute atomic E-state index is 10.7. The number of benzene rings is 1. The number of ether oxygens (including phenoxy) is 1. The van der Waals surface area contributed by atoms with Crippen LogP contribution in [-0.4, -0.2) is 17.6 Å². The van der Waals surface area contributed by atoms with Crippen LogP contribution in [0.2, 0.25) is 0 Å². The van der Waals surface area contributed by atoms with E-state index in [2.05, 4.69) is 5.32 Å². The molecule has 1 aliphatic heterocycles. The Kier molecular flexibility index (Phi) is 3.82. The molecule has 1 aromatic rings. The number of nitro groups is 1. The van der Waals surface area contributed by atoms with Gasteiger partial charge in [0.05, 0.1) is 17.7 Å². The third-order valence-corrected chi connectivity index (χ3v) is 2.95. The van der Waals surface area contributed by atoms with Gasteiger partial charge in [-0.25, -0.2) is 0 Å². The van der Waals surface area contributed by atoms with Gasteiger partial charge in [-0.05, 0) is 38.0 Å². The SMILES string of the molecule is Cc1cc(NCC2CCC=CO2)ccc1[N+](=O)[O-]. The minimum atomic E-state index is -0.367. The number of nitro benzene ring substituents is 1. The zero-order chi connectivity index (χ0) is 13.0. The molecular weight excluding hydrogens is 232 g/mol. The van der Waals surface area contributed by atoms with Gasteiger partial charge in [-0.2, -0.15) is 0 Å². The molecule has 18 heavy (non-hydrogen) atoms. The molecule has 0 bridgehead atoms. The minimum absolute atomic E-state index is 0.150. The van der Waals surface area contributed by atoms with E-state index < -0.39 is 0 Å². The van der Waals surface area contributed by atoms with Gasteiger partial charge in [0.25, 0.3) is 5.69 Å². The summed E-state index contributed by atoms with van der Waals surface area (Å²) in [7, 11) is 0. The summed E-state index contributed by atoms with van der Waals surface area (Å²) in [6, 6.07) is 5.04. The highest BCUT2D eigenvalue weighted by molar-refractivity contribution is 5.53. The fraction of sp³-hybridized carbons (Fsp3) is 0.385. The molecule has 1 unspecified atom stereocenters. The first-order chi connectivity index (χ1) is 8.66. The Bertz CT molecular complexity index is 471. The molecule has 0 amide bonds. The van der Waals surface area contributed by atoms with Crippen LogP contribution >= 0.6 is 0 Å². The lowest BCUT2D eigenvalue weighted by atomic mass is 10.1. The summed E-state index contributed by atoms with van der Waals surface area (Å²) in [4.78, 5) is 10.3. The van der Waals surface area contributed by atoms with Crippen molar-refractivity contribution in [3.05, 3.63) is 46.2 Å². The fourth-order valence-corrected chi connectivity index (χ4v) is 1.94. The Morgan fingerprint density at radius 1 is 1.56 bits per heavy atom. The zero-order valence-corrected chi connectivity index (χ0v) is 10.3. The third kappa shape index (κ3) is 3.00. The van der Waals surface area contributed by atoms with Crippen LogP contribution in [-0.2, 0) is 4.74 Å². The molecule has 1 N–H and O–H groups in total. The summed E-state index contributed by atoms with van der Waals surface area (Å²) in [6.45, 7) is 2.45. The number of rotatable bonds is 4. The number of aryl methyl sites for hydroxylation is 1. The van der Waals surface area contributed by atoms with E-state index in [0.717, 1.165) is 18.5 Å². The molecule has 5 heteroatoms. The van der Waals surface area contributed by atoms with E-state index in [1.807, 2.05) is 6.08 Å². The smallest absolute Gasteiger partial charge is 0.272 e. The highest BCUT2D eigenvalue weighted by atomic mass is 16.6. The second-order valence-corrected chi connectivity index (χ2v) is 4.35. The summed E-state index contributed by atoms with van der Waals surface area (Å²) in [5.41, 5.74) is 1.70. The fourth-order valence-electron chi connectivity index (χ4n) is 1.94. The van der Waals surface area contributed by atoms with Crippen molar-refractivity contribution in [2.45, 2.75) is 25.9 Å². The van der Waals surface area contributed by atoms with Crippen molar-refractivity contribution in [2.24, 2.45) is 0 Å². The van der Waals surface area contributed by atoms with Gasteiger partial charge in [0.15, 0.2) is 0 Å². The molecule has 0 saturated carbocycles. The second-order valence-electron chi connectivity index (χ2n) is 4.35. The summed E-state index contributed by atoms with van der Waals surface area (Å²) >= 11 is 0. The van der Waals surface area contributed by atoms with Gasteiger partial charge in [0.1, 0.15) is 6.10 Å². The minimum Gasteiger partial charge on any atom is -0.497 e. The lowest BCUT2D eigenvalue weighted by Gasteiger charge is -2.20. The quantitative estimate of drug-likeness (QED) is 0.657. The van der Waals surface area contributed by atoms with Gasteiger partial charge in [-0.3, -0.25) is 10.1 Å². The van der Waals surface area contributed by atoms with Crippen molar-refractivity contribution in [1.29, 1.82) is 0 Å². The van der Waals surface area contributed by atoms with Crippen molar-refractivity contribution in [2.75, 3.05) is 11.9 Å². The number of nitrogens with one attached hydrogen (secondary N) is 1. The van der Waals surface area contributed by atoms with Crippen molar-refractivity contribution in [3.8, 4) is 0 Å². The monoisotopic (exact) mass is 248 g/mol. The first kappa shape index (κ1) is 12.4. The van der Waals surface area contributed by atoms with Gasteiger partial charge in [0, 0.05) is 17.3 Å². The molecule has 1 aliphatic rings. The van der Waals surface area contributed by atoms with Crippen LogP contribution in [0.4, 0.5) is 11.4 Å². The molecule has 1 heterocycles. The zero-order valence-electron chi connectivity index (χ0n) is 10.3. The van der Waals surface area contributed by atoms with Gasteiger partial charge in [0.2, 0.25) is 0 Å². The number of allylic oxidation sites excluding steroid dienone is 1. The number of anilines is 1. The summed E-state index contributed by atoms with van der Waals surface area (Å²) < 4.78 is 5.44. The molecule has 1 aromatic carbocycles. The molecule has 1 atom stereocenters. The van der Waals surface area contributed by atoms with Crippen LogP contribution < -0.4 is 5.32 Å². The van der Waals surface area contributed by atoms with E-state index in [1.165, 1.54) is 6.07 Å². The molecule has 0 spiro atoms. The molecule has 0 fully saturated rings. The van der Waals surface area contributed by atoms with Crippen LogP contribution in [0.5, 0.6) is 0 Å². The van der Waals surface area contributed by atoms with Gasteiger partial charge in [-0.15, -0.1) is 0 Å². The Balaban J connectivity index is 1.95. The van der Waals surface area contributed by atoms with E-state index >= 15 is 0 Å². The van der Waals surface area contributed by atoms with E-state index in [4.69, 9.17) is 4.74 Å². The lowest BCUT2D eigenvalue weighted by Crippen LogP contribution is -2.22. The molecule has 0 radical (unpaired) electrons. The maximum Gasteiger partial charge on any atom is 0.272 e. The number of hydrogen-bond acceptors (Lipinski definition) is 4. The largest absolute Gasteiger partial charge is 0.497 e. The summed E-state index contributed by atoms with van der Waals surface area (Å²) in [5.74, 6) is 0. The second kappa shape index (κ2) is 5.53. The summed E-state index contributed by atoms with van der Waals surface area (Å²) in [6.07, 6.45) is 5.94. The maximum atomic E-state index is 10.7. The average molecular weight is 248 g/mol. The Hall–Kier alpha value is -2.04. The van der Waals surface area contributed by atoms with Crippen LogP contribution in [0.3, 0.4) is 0 Å². The summed E-state index contributed by atoms with van der Waals surface area (Å²) in [5, 5.41) is 13.9. The van der Waals surface area contributed by atoms with Crippen LogP contribution in [0, 0.1) is 17.0 Å². The van der Waals surface area contributed by atoms with Gasteiger partial charge < -0.3 is 10.1 Å². The van der Waals surface area contributed by atoms with Crippen LogP contribution in [0.25, 0.3) is 0 Å². The molecular formula is C13H16N2O3. The van der Waals surface area contributed by atoms with Crippen LogP contribution in [0.15, 0.2) is 30.5 Å². The van der Waals surface area contributed by atoms with E-state index in [0.29, 0.717) is 12.1 Å².